The summed E-state index contributed by atoms with van der Waals surface area (Å²) in [5.41, 5.74) is 9.54. The molecule has 0 atom stereocenters. The van der Waals surface area contributed by atoms with E-state index in [1.165, 1.54) is 6.33 Å². The fraction of sp³-hybridized carbons (Fsp3) is 0.317. The molecule has 0 saturated carbocycles. The lowest BCUT2D eigenvalue weighted by Gasteiger charge is -2.26. The summed E-state index contributed by atoms with van der Waals surface area (Å²) in [5, 5.41) is 19.3. The van der Waals surface area contributed by atoms with Crippen molar-refractivity contribution in [3.63, 3.8) is 0 Å². The Balaban J connectivity index is 0.000000733. The van der Waals surface area contributed by atoms with Crippen molar-refractivity contribution in [1.29, 1.82) is 0 Å². The molecule has 0 unspecified atom stereocenters. The maximum atomic E-state index is 14.5. The van der Waals surface area contributed by atoms with Gasteiger partial charge in [-0.05, 0) is 54.4 Å². The van der Waals surface area contributed by atoms with Crippen molar-refractivity contribution < 1.29 is 19.4 Å². The second kappa shape index (κ2) is 18.2. The van der Waals surface area contributed by atoms with E-state index in [-0.39, 0.29) is 36.1 Å². The number of fused-ring (bicyclic) bond motifs is 2. The molecule has 0 aliphatic carbocycles. The summed E-state index contributed by atoms with van der Waals surface area (Å²) >= 11 is 6.58. The molecule has 56 heavy (non-hydrogen) atoms. The first-order chi connectivity index (χ1) is 27.4. The van der Waals surface area contributed by atoms with E-state index < -0.39 is 0 Å². The number of hydrogen-bond donors (Lipinski definition) is 3. The molecule has 4 N–H and O–H groups in total. The van der Waals surface area contributed by atoms with E-state index in [1.54, 1.807) is 51.7 Å². The van der Waals surface area contributed by atoms with Crippen molar-refractivity contribution in [2.45, 2.75) is 32.4 Å². The monoisotopic (exact) mass is 775 g/mol. The zero-order valence-corrected chi connectivity index (χ0v) is 31.5. The number of halogens is 1. The Morgan fingerprint density at radius 3 is 2.43 bits per heavy atom. The smallest absolute Gasteiger partial charge is 0.263 e. The van der Waals surface area contributed by atoms with Crippen molar-refractivity contribution in [3.8, 4) is 28.8 Å². The van der Waals surface area contributed by atoms with Crippen molar-refractivity contribution in [1.82, 2.24) is 39.5 Å². The molecule has 15 heteroatoms. The van der Waals surface area contributed by atoms with E-state index in [9.17, 15) is 14.7 Å². The number of anilines is 1. The van der Waals surface area contributed by atoms with Crippen LogP contribution in [0, 0.1) is 11.8 Å². The molecule has 3 aromatic carbocycles. The third-order valence-corrected chi connectivity index (χ3v) is 9.83. The van der Waals surface area contributed by atoms with Crippen LogP contribution in [0.3, 0.4) is 0 Å². The van der Waals surface area contributed by atoms with Gasteiger partial charge in [0.15, 0.2) is 5.65 Å². The lowest BCUT2D eigenvalue weighted by Crippen LogP contribution is -2.40. The lowest BCUT2D eigenvalue weighted by molar-refractivity contribution is -0.135. The van der Waals surface area contributed by atoms with Crippen LogP contribution in [0.15, 0.2) is 77.9 Å². The SMILES string of the molecule is C1COCCN1.Nc1ncnc2c1c(-c1ccc(O)cc1)nn2Cc1nc2cccc(C#CCCCC(=O)N3CCOCC3)c2c(=O)n1Cc1ccccc1Cl. The number of aromatic hydroxyl groups is 1. The number of nitrogen functional groups attached to an aromatic ring is 1. The number of benzene rings is 3. The highest BCUT2D eigenvalue weighted by molar-refractivity contribution is 6.31. The van der Waals surface area contributed by atoms with Gasteiger partial charge in [0.25, 0.3) is 5.56 Å². The largest absolute Gasteiger partial charge is 0.508 e. The first-order valence-corrected chi connectivity index (χ1v) is 18.9. The Morgan fingerprint density at radius 1 is 0.929 bits per heavy atom. The van der Waals surface area contributed by atoms with E-state index in [0.29, 0.717) is 95.2 Å². The number of ether oxygens (including phenoxy) is 2. The van der Waals surface area contributed by atoms with Crippen LogP contribution in [0.1, 0.15) is 36.2 Å². The molecule has 1 amide bonds. The van der Waals surface area contributed by atoms with Crippen LogP contribution in [0.2, 0.25) is 5.02 Å². The number of carbonyl (C=O) groups excluding carboxylic acids is 1. The van der Waals surface area contributed by atoms with Crippen LogP contribution in [0.5, 0.6) is 5.75 Å². The summed E-state index contributed by atoms with van der Waals surface area (Å²) in [6.07, 6.45) is 2.90. The summed E-state index contributed by atoms with van der Waals surface area (Å²) in [4.78, 5) is 42.5. The quantitative estimate of drug-likeness (QED) is 0.149. The summed E-state index contributed by atoms with van der Waals surface area (Å²) < 4.78 is 13.6. The summed E-state index contributed by atoms with van der Waals surface area (Å²) in [6, 6.07) is 19.4. The zero-order chi connectivity index (χ0) is 38.9. The Bertz CT molecular complexity index is 2440. The van der Waals surface area contributed by atoms with Crippen molar-refractivity contribution in [2.75, 3.05) is 58.3 Å². The Morgan fingerprint density at radius 2 is 1.70 bits per heavy atom. The number of aromatic nitrogens is 6. The maximum Gasteiger partial charge on any atom is 0.263 e. The van der Waals surface area contributed by atoms with Crippen LogP contribution in [-0.4, -0.2) is 97.8 Å². The van der Waals surface area contributed by atoms with Gasteiger partial charge in [0.1, 0.15) is 36.0 Å². The lowest BCUT2D eigenvalue weighted by atomic mass is 10.1. The first-order valence-electron chi connectivity index (χ1n) is 18.5. The van der Waals surface area contributed by atoms with Crippen molar-refractivity contribution >= 4 is 45.3 Å². The third kappa shape index (κ3) is 8.98. The number of phenolic OH excluding ortho intramolecular Hbond substituents is 1. The Kier molecular flexibility index (Phi) is 12.5. The van der Waals surface area contributed by atoms with Gasteiger partial charge in [-0.3, -0.25) is 14.2 Å². The Hall–Kier alpha value is -5.85. The molecule has 14 nitrogen and oxygen atoms in total. The number of unbranched alkanes of at least 4 members (excludes halogenated alkanes) is 1. The van der Waals surface area contributed by atoms with Crippen LogP contribution in [0.4, 0.5) is 5.82 Å². The molecule has 5 heterocycles. The molecule has 8 rings (SSSR count). The van der Waals surface area contributed by atoms with Crippen LogP contribution in [-0.2, 0) is 27.4 Å². The summed E-state index contributed by atoms with van der Waals surface area (Å²) in [5.74, 6) is 7.23. The van der Waals surface area contributed by atoms with Gasteiger partial charge >= 0.3 is 0 Å². The molecular formula is C41H42ClN9O5. The number of nitrogens with zero attached hydrogens (tertiary/aromatic N) is 7. The molecule has 6 aromatic rings. The van der Waals surface area contributed by atoms with Gasteiger partial charge in [-0.2, -0.15) is 5.10 Å². The minimum absolute atomic E-state index is 0.0771. The van der Waals surface area contributed by atoms with Gasteiger partial charge < -0.3 is 30.5 Å². The minimum Gasteiger partial charge on any atom is -0.508 e. The van der Waals surface area contributed by atoms with Crippen molar-refractivity contribution in [2.24, 2.45) is 0 Å². The predicted octanol–water partition coefficient (Wildman–Crippen LogP) is 4.23. The number of carbonyl (C=O) groups is 1. The summed E-state index contributed by atoms with van der Waals surface area (Å²) in [7, 11) is 0. The van der Waals surface area contributed by atoms with Crippen LogP contribution in [0.25, 0.3) is 33.2 Å². The van der Waals surface area contributed by atoms with E-state index in [0.717, 1.165) is 31.9 Å². The van der Waals surface area contributed by atoms with E-state index in [2.05, 4.69) is 27.1 Å². The molecule has 0 spiro atoms. The third-order valence-electron chi connectivity index (χ3n) is 9.46. The number of phenols is 1. The van der Waals surface area contributed by atoms with Crippen LogP contribution < -0.4 is 16.6 Å². The van der Waals surface area contributed by atoms with Crippen molar-refractivity contribution in [3.05, 3.63) is 105 Å². The molecule has 2 saturated heterocycles. The maximum absolute atomic E-state index is 14.5. The molecule has 2 aliphatic heterocycles. The van der Waals surface area contributed by atoms with Gasteiger partial charge in [-0.25, -0.2) is 19.6 Å². The molecule has 0 radical (unpaired) electrons. The van der Waals surface area contributed by atoms with Gasteiger partial charge in [-0.15, -0.1) is 0 Å². The molecule has 2 fully saturated rings. The zero-order valence-electron chi connectivity index (χ0n) is 30.8. The average Bonchev–Trinajstić information content (AvgIpc) is 3.60. The number of nitrogens with one attached hydrogen (secondary N) is 1. The molecular weight excluding hydrogens is 734 g/mol. The average molecular weight is 776 g/mol. The highest BCUT2D eigenvalue weighted by Crippen LogP contribution is 2.31. The second-order valence-corrected chi connectivity index (χ2v) is 13.6. The number of morpholine rings is 2. The number of nitrogens with two attached hydrogens (primary N) is 1. The van der Waals surface area contributed by atoms with Crippen LogP contribution >= 0.6 is 11.6 Å². The molecule has 3 aromatic heterocycles. The normalized spacial score (nSPS) is 14.2. The number of hydrogen-bond acceptors (Lipinski definition) is 11. The fourth-order valence-corrected chi connectivity index (χ4v) is 6.76. The standard InChI is InChI=1S/C37H33ClN8O4.C4H9NO/c38-28-10-5-4-8-26(28)21-45-30(22-46-36-33(35(39)40-23-41-36)34(43-46)25-13-15-27(47)16-14-25)42-29-11-6-9-24(32(29)37(45)49)7-2-1-3-12-31(48)44-17-19-50-20-18-44;1-3-6-4-2-5-1/h4-6,8-11,13-16,23,47H,1,3,12,17-22H2,(H2,39,40,41);5H,1-4H2. The highest BCUT2D eigenvalue weighted by Gasteiger charge is 2.21. The van der Waals surface area contributed by atoms with E-state index in [4.69, 9.17) is 36.9 Å². The minimum atomic E-state index is -0.276. The summed E-state index contributed by atoms with van der Waals surface area (Å²) in [6.45, 7) is 6.44. The number of amides is 1. The molecule has 2 aliphatic rings. The Labute approximate surface area is 328 Å². The van der Waals surface area contributed by atoms with Gasteiger partial charge in [0.2, 0.25) is 5.91 Å². The van der Waals surface area contributed by atoms with Gasteiger partial charge in [-0.1, -0.05) is 47.7 Å². The van der Waals surface area contributed by atoms with E-state index >= 15 is 0 Å². The van der Waals surface area contributed by atoms with Gasteiger partial charge in [0, 0.05) is 55.2 Å². The topological polar surface area (TPSA) is 176 Å². The molecule has 0 bridgehead atoms. The second-order valence-electron chi connectivity index (χ2n) is 13.2. The fourth-order valence-electron chi connectivity index (χ4n) is 6.56. The highest BCUT2D eigenvalue weighted by atomic mass is 35.5. The molecule has 288 valence electrons. The van der Waals surface area contributed by atoms with E-state index in [1.807, 2.05) is 29.2 Å². The van der Waals surface area contributed by atoms with Gasteiger partial charge in [0.05, 0.1) is 49.3 Å². The first kappa shape index (κ1) is 38.4. The predicted molar refractivity (Wildman–Crippen MR) is 214 cm³/mol. The number of rotatable bonds is 8.